The molecule has 0 bridgehead atoms. The molecule has 0 aromatic heterocycles. The van der Waals surface area contributed by atoms with Gasteiger partial charge in [0.2, 0.25) is 0 Å². The van der Waals surface area contributed by atoms with Crippen LogP contribution in [0.5, 0.6) is 0 Å². The van der Waals surface area contributed by atoms with E-state index in [2.05, 4.69) is 4.74 Å². The summed E-state index contributed by atoms with van der Waals surface area (Å²) < 4.78 is 49.0. The number of aliphatic carboxylic acids is 1. The number of fused-ring (bicyclic) bond motifs is 3. The van der Waals surface area contributed by atoms with Gasteiger partial charge in [-0.15, -0.1) is 0 Å². The van der Waals surface area contributed by atoms with Crippen molar-refractivity contribution in [3.8, 4) is 11.1 Å². The molecule has 158 valence electrons. The number of morpholine rings is 1. The zero-order chi connectivity index (χ0) is 21.5. The van der Waals surface area contributed by atoms with Crippen LogP contribution in [0.25, 0.3) is 11.1 Å². The topological polar surface area (TPSA) is 76.1 Å². The summed E-state index contributed by atoms with van der Waals surface area (Å²) >= 11 is 0. The summed E-state index contributed by atoms with van der Waals surface area (Å²) in [6, 6.07) is 13.7. The van der Waals surface area contributed by atoms with E-state index in [4.69, 9.17) is 4.74 Å². The third-order valence-corrected chi connectivity index (χ3v) is 5.41. The van der Waals surface area contributed by atoms with Gasteiger partial charge in [-0.05, 0) is 22.3 Å². The smallest absolute Gasteiger partial charge is 0.416 e. The Kier molecular flexibility index (Phi) is 5.15. The molecular formula is C21H18F3NO5. The molecule has 1 N–H and O–H groups in total. The molecule has 6 nitrogen and oxygen atoms in total. The van der Waals surface area contributed by atoms with Gasteiger partial charge in [0, 0.05) is 5.92 Å². The molecule has 2 aromatic rings. The lowest BCUT2D eigenvalue weighted by Crippen LogP contribution is -2.58. The average molecular weight is 421 g/mol. The van der Waals surface area contributed by atoms with Crippen LogP contribution in [0.4, 0.5) is 18.0 Å². The highest BCUT2D eigenvalue weighted by molar-refractivity contribution is 5.81. The Labute approximate surface area is 169 Å². The van der Waals surface area contributed by atoms with Crippen molar-refractivity contribution < 1.29 is 37.3 Å². The van der Waals surface area contributed by atoms with Gasteiger partial charge in [0.25, 0.3) is 0 Å². The van der Waals surface area contributed by atoms with Crippen LogP contribution in [0.1, 0.15) is 17.0 Å². The number of hydrogen-bond acceptors (Lipinski definition) is 4. The first-order valence-electron chi connectivity index (χ1n) is 9.30. The lowest BCUT2D eigenvalue weighted by molar-refractivity contribution is -0.242. The minimum Gasteiger partial charge on any atom is -0.480 e. The first kappa shape index (κ1) is 20.2. The minimum absolute atomic E-state index is 0.118. The fourth-order valence-corrected chi connectivity index (χ4v) is 3.94. The number of rotatable bonds is 3. The summed E-state index contributed by atoms with van der Waals surface area (Å²) in [7, 11) is 0. The maximum absolute atomic E-state index is 13.0. The molecule has 2 unspecified atom stereocenters. The van der Waals surface area contributed by atoms with Crippen LogP contribution in [-0.4, -0.2) is 60.1 Å². The quantitative estimate of drug-likeness (QED) is 0.819. The molecule has 0 radical (unpaired) electrons. The predicted octanol–water partition coefficient (Wildman–Crippen LogP) is 3.65. The summed E-state index contributed by atoms with van der Waals surface area (Å²) in [5, 5.41) is 9.28. The molecule has 1 heterocycles. The summed E-state index contributed by atoms with van der Waals surface area (Å²) in [5.74, 6) is -1.74. The number of halogens is 3. The predicted molar refractivity (Wildman–Crippen MR) is 99.0 cm³/mol. The van der Waals surface area contributed by atoms with Gasteiger partial charge in [-0.25, -0.2) is 9.59 Å². The van der Waals surface area contributed by atoms with Crippen LogP contribution in [-0.2, 0) is 14.3 Å². The number of benzene rings is 2. The van der Waals surface area contributed by atoms with Gasteiger partial charge in [-0.3, -0.25) is 4.90 Å². The molecule has 1 fully saturated rings. The number of carboxylic acid groups (broad SMARTS) is 1. The molecule has 30 heavy (non-hydrogen) atoms. The van der Waals surface area contributed by atoms with E-state index in [1.54, 1.807) is 0 Å². The van der Waals surface area contributed by atoms with Crippen LogP contribution in [0, 0.1) is 0 Å². The lowest BCUT2D eigenvalue weighted by atomic mass is 9.98. The van der Waals surface area contributed by atoms with Crippen molar-refractivity contribution in [2.75, 3.05) is 19.8 Å². The lowest BCUT2D eigenvalue weighted by Gasteiger charge is -2.37. The van der Waals surface area contributed by atoms with Gasteiger partial charge in [0.15, 0.2) is 12.1 Å². The molecule has 1 aliphatic carbocycles. The largest absolute Gasteiger partial charge is 0.480 e. The molecule has 2 aliphatic rings. The van der Waals surface area contributed by atoms with Crippen molar-refractivity contribution in [2.45, 2.75) is 24.2 Å². The van der Waals surface area contributed by atoms with E-state index in [-0.39, 0.29) is 12.5 Å². The normalized spacial score (nSPS) is 21.1. The second-order valence-corrected chi connectivity index (χ2v) is 7.17. The number of alkyl halides is 3. The number of hydrogen-bond donors (Lipinski definition) is 1. The van der Waals surface area contributed by atoms with E-state index in [1.165, 1.54) is 0 Å². The monoisotopic (exact) mass is 421 g/mol. The number of ether oxygens (including phenoxy) is 2. The molecule has 1 saturated heterocycles. The molecule has 1 aliphatic heterocycles. The molecular weight excluding hydrogens is 403 g/mol. The van der Waals surface area contributed by atoms with Crippen LogP contribution in [0.2, 0.25) is 0 Å². The summed E-state index contributed by atoms with van der Waals surface area (Å²) in [4.78, 5) is 24.6. The van der Waals surface area contributed by atoms with Crippen molar-refractivity contribution in [1.82, 2.24) is 4.90 Å². The number of amides is 1. The Balaban J connectivity index is 1.53. The van der Waals surface area contributed by atoms with E-state index < -0.39 is 43.5 Å². The molecule has 2 aromatic carbocycles. The zero-order valence-electron chi connectivity index (χ0n) is 15.6. The van der Waals surface area contributed by atoms with Gasteiger partial charge in [0.1, 0.15) is 6.61 Å². The van der Waals surface area contributed by atoms with Crippen molar-refractivity contribution in [3.05, 3.63) is 59.7 Å². The first-order chi connectivity index (χ1) is 14.3. The van der Waals surface area contributed by atoms with Crippen LogP contribution in [0.3, 0.4) is 0 Å². The molecule has 1 amide bonds. The van der Waals surface area contributed by atoms with E-state index in [1.807, 2.05) is 48.5 Å². The Morgan fingerprint density at radius 1 is 1.07 bits per heavy atom. The number of carbonyl (C=O) groups excluding carboxylic acids is 1. The SMILES string of the molecule is O=C(O)C1COC(C(F)(F)F)CN1C(=O)OCC1c2ccccc2-c2ccccc21. The molecule has 2 atom stereocenters. The Morgan fingerprint density at radius 2 is 1.63 bits per heavy atom. The van der Waals surface area contributed by atoms with Gasteiger partial charge in [-0.1, -0.05) is 48.5 Å². The van der Waals surface area contributed by atoms with E-state index >= 15 is 0 Å². The highest BCUT2D eigenvalue weighted by Gasteiger charge is 2.49. The summed E-state index contributed by atoms with van der Waals surface area (Å²) in [6.45, 7) is -1.81. The van der Waals surface area contributed by atoms with E-state index in [0.717, 1.165) is 22.3 Å². The van der Waals surface area contributed by atoms with E-state index in [9.17, 15) is 27.9 Å². The molecule has 0 spiro atoms. The van der Waals surface area contributed by atoms with Crippen molar-refractivity contribution in [2.24, 2.45) is 0 Å². The maximum atomic E-state index is 13.0. The Hall–Kier alpha value is -3.07. The molecule has 0 saturated carbocycles. The van der Waals surface area contributed by atoms with E-state index in [0.29, 0.717) is 4.90 Å². The standard InChI is InChI=1S/C21H18F3NO5/c22-21(23,24)18-9-25(17(11-29-18)19(26)27)20(28)30-10-16-14-7-3-1-5-12(14)13-6-2-4-8-15(13)16/h1-8,16-18H,9-11H2,(H,26,27). The van der Waals surface area contributed by atoms with Crippen LogP contribution in [0.15, 0.2) is 48.5 Å². The van der Waals surface area contributed by atoms with Crippen molar-refractivity contribution in [3.63, 3.8) is 0 Å². The number of carboxylic acids is 1. The first-order valence-corrected chi connectivity index (χ1v) is 9.30. The second kappa shape index (κ2) is 7.64. The molecule has 9 heteroatoms. The summed E-state index contributed by atoms with van der Waals surface area (Å²) in [6.07, 6.45) is -8.08. The van der Waals surface area contributed by atoms with Crippen molar-refractivity contribution >= 4 is 12.1 Å². The third-order valence-electron chi connectivity index (χ3n) is 5.41. The summed E-state index contributed by atoms with van der Waals surface area (Å²) in [5.41, 5.74) is 3.88. The minimum atomic E-state index is -4.72. The van der Waals surface area contributed by atoms with Crippen LogP contribution < -0.4 is 0 Å². The van der Waals surface area contributed by atoms with Gasteiger partial charge < -0.3 is 14.6 Å². The highest BCUT2D eigenvalue weighted by atomic mass is 19.4. The maximum Gasteiger partial charge on any atom is 0.416 e. The van der Waals surface area contributed by atoms with Crippen molar-refractivity contribution in [1.29, 1.82) is 0 Å². The fourth-order valence-electron chi connectivity index (χ4n) is 3.94. The van der Waals surface area contributed by atoms with Gasteiger partial charge >= 0.3 is 18.2 Å². The molecule has 4 rings (SSSR count). The van der Waals surface area contributed by atoms with Gasteiger partial charge in [0.05, 0.1) is 13.2 Å². The highest BCUT2D eigenvalue weighted by Crippen LogP contribution is 2.44. The number of nitrogens with zero attached hydrogens (tertiary/aromatic N) is 1. The second-order valence-electron chi connectivity index (χ2n) is 7.17. The van der Waals surface area contributed by atoms with Crippen LogP contribution >= 0.6 is 0 Å². The zero-order valence-corrected chi connectivity index (χ0v) is 15.6. The number of carbonyl (C=O) groups is 2. The third kappa shape index (κ3) is 3.60. The Bertz CT molecular complexity index is 932. The fraction of sp³-hybridized carbons (Fsp3) is 0.333. The van der Waals surface area contributed by atoms with Gasteiger partial charge in [-0.2, -0.15) is 13.2 Å². The Morgan fingerprint density at radius 3 is 2.17 bits per heavy atom. The average Bonchev–Trinajstić information content (AvgIpc) is 3.04.